The molecule has 11 nitrogen and oxygen atoms in total. The molecular weight excluding hydrogens is 532 g/mol. The predicted octanol–water partition coefficient (Wildman–Crippen LogP) is 6.23. The highest BCUT2D eigenvalue weighted by Gasteiger charge is 2.30. The van der Waals surface area contributed by atoms with Crippen LogP contribution in [0.1, 0.15) is 23.2 Å². The summed E-state index contributed by atoms with van der Waals surface area (Å²) >= 11 is 1.67. The number of ketones is 1. The molecule has 1 saturated carbocycles. The Morgan fingerprint density at radius 3 is 1.93 bits per heavy atom. The highest BCUT2D eigenvalue weighted by molar-refractivity contribution is 7.99. The Hall–Kier alpha value is -4.84. The number of aromatic nitrogens is 4. The zero-order valence-corrected chi connectivity index (χ0v) is 22.5. The summed E-state index contributed by atoms with van der Waals surface area (Å²) in [5.41, 5.74) is 3.75. The van der Waals surface area contributed by atoms with E-state index in [4.69, 9.17) is 0 Å². The Morgan fingerprint density at radius 2 is 1.35 bits per heavy atom. The Balaban J connectivity index is 0.000000162. The minimum absolute atomic E-state index is 0.180. The molecule has 2 aromatic heterocycles. The largest absolute Gasteiger partial charge is 0.453 e. The zero-order valence-electron chi connectivity index (χ0n) is 21.7. The van der Waals surface area contributed by atoms with Crippen LogP contribution >= 0.6 is 11.8 Å². The molecule has 1 aliphatic carbocycles. The molecule has 40 heavy (non-hydrogen) atoms. The highest BCUT2D eigenvalue weighted by atomic mass is 32.2. The molecule has 0 unspecified atom stereocenters. The van der Waals surface area contributed by atoms with E-state index >= 15 is 0 Å². The number of nitrogens with one attached hydrogen (secondary N) is 4. The first-order chi connectivity index (χ1) is 19.4. The molecule has 0 bridgehead atoms. The van der Waals surface area contributed by atoms with Crippen molar-refractivity contribution in [3.8, 4) is 0 Å². The summed E-state index contributed by atoms with van der Waals surface area (Å²) in [6, 6.07) is 21.4. The summed E-state index contributed by atoms with van der Waals surface area (Å²) in [5, 5.41) is 4.97. The highest BCUT2D eigenvalue weighted by Crippen LogP contribution is 2.33. The summed E-state index contributed by atoms with van der Waals surface area (Å²) in [7, 11) is 2.59. The number of aromatic amines is 2. The lowest BCUT2D eigenvalue weighted by Gasteiger charge is -2.00. The van der Waals surface area contributed by atoms with Crippen molar-refractivity contribution in [3.63, 3.8) is 0 Å². The Morgan fingerprint density at radius 1 is 0.775 bits per heavy atom. The third-order valence-corrected chi connectivity index (χ3v) is 6.96. The minimum atomic E-state index is -0.590. The maximum absolute atomic E-state index is 12.0. The number of amides is 2. The number of rotatable bonds is 6. The molecule has 2 heterocycles. The maximum Gasteiger partial charge on any atom is 0.413 e. The first-order valence-electron chi connectivity index (χ1n) is 12.4. The van der Waals surface area contributed by atoms with Crippen LogP contribution in [-0.2, 0) is 9.47 Å². The fourth-order valence-corrected chi connectivity index (χ4v) is 4.71. The van der Waals surface area contributed by atoms with Crippen LogP contribution in [0, 0.1) is 5.92 Å². The van der Waals surface area contributed by atoms with E-state index in [9.17, 15) is 14.4 Å². The number of ether oxygens (including phenoxy) is 2. The van der Waals surface area contributed by atoms with Crippen LogP contribution in [0.2, 0.25) is 0 Å². The van der Waals surface area contributed by atoms with Crippen molar-refractivity contribution in [2.75, 3.05) is 24.9 Å². The maximum atomic E-state index is 12.0. The molecule has 0 spiro atoms. The molecule has 1 aliphatic rings. The quantitative estimate of drug-likeness (QED) is 0.179. The standard InChI is InChI=1S/C15H13N3O2S.C13H13N3O3/c1-20-15(19)18-14-16-12-8-7-11(9-13(12)17-14)21-10-5-3-2-4-6-10;1-19-13(18)16-12-14-9-5-4-8(6-10(9)15-12)11(17)7-2-3-7/h2-9H,1H3,(H2,16,17,18,19);4-7H,2-3H2,1H3,(H2,14,15,16,18). The van der Waals surface area contributed by atoms with Crippen LogP contribution < -0.4 is 10.6 Å². The molecule has 204 valence electrons. The van der Waals surface area contributed by atoms with Crippen LogP contribution in [-0.4, -0.2) is 52.1 Å². The van der Waals surface area contributed by atoms with E-state index in [0.29, 0.717) is 23.0 Å². The fourth-order valence-electron chi connectivity index (χ4n) is 3.83. The van der Waals surface area contributed by atoms with Crippen LogP contribution in [0.3, 0.4) is 0 Å². The number of carbonyl (C=O) groups is 3. The number of fused-ring (bicyclic) bond motifs is 2. The summed E-state index contributed by atoms with van der Waals surface area (Å²) in [6.45, 7) is 0. The Bertz CT molecular complexity index is 1680. The van der Waals surface area contributed by atoms with Gasteiger partial charge in [0.25, 0.3) is 0 Å². The second-order valence-electron chi connectivity index (χ2n) is 8.87. The van der Waals surface area contributed by atoms with Crippen molar-refractivity contribution in [1.29, 1.82) is 0 Å². The molecule has 2 amide bonds. The number of anilines is 2. The smallest absolute Gasteiger partial charge is 0.413 e. The summed E-state index contributed by atoms with van der Waals surface area (Å²) in [4.78, 5) is 50.9. The van der Waals surface area contributed by atoms with Gasteiger partial charge in [-0.15, -0.1) is 0 Å². The number of H-pyrrole nitrogens is 2. The molecule has 0 radical (unpaired) electrons. The summed E-state index contributed by atoms with van der Waals surface area (Å²) < 4.78 is 9.03. The lowest BCUT2D eigenvalue weighted by Crippen LogP contribution is -2.11. The molecule has 12 heteroatoms. The first kappa shape index (κ1) is 26.8. The van der Waals surface area contributed by atoms with Crippen molar-refractivity contribution in [1.82, 2.24) is 19.9 Å². The van der Waals surface area contributed by atoms with Gasteiger partial charge in [0.2, 0.25) is 11.9 Å². The van der Waals surface area contributed by atoms with E-state index in [1.54, 1.807) is 30.0 Å². The van der Waals surface area contributed by atoms with Gasteiger partial charge in [-0.1, -0.05) is 30.0 Å². The molecule has 0 aliphatic heterocycles. The van der Waals surface area contributed by atoms with E-state index in [2.05, 4.69) is 52.2 Å². The molecule has 0 saturated heterocycles. The van der Waals surface area contributed by atoms with Crippen molar-refractivity contribution in [3.05, 3.63) is 72.3 Å². The third-order valence-electron chi connectivity index (χ3n) is 5.96. The second kappa shape index (κ2) is 11.9. The van der Waals surface area contributed by atoms with Gasteiger partial charge in [-0.2, -0.15) is 0 Å². The van der Waals surface area contributed by atoms with E-state index in [1.807, 2.05) is 36.4 Å². The number of imidazole rings is 2. The van der Waals surface area contributed by atoms with Crippen LogP contribution in [0.4, 0.5) is 21.5 Å². The van der Waals surface area contributed by atoms with Gasteiger partial charge in [0.1, 0.15) is 0 Å². The van der Waals surface area contributed by atoms with E-state index < -0.39 is 12.2 Å². The number of methoxy groups -OCH3 is 2. The van der Waals surface area contributed by atoms with Gasteiger partial charge in [0.05, 0.1) is 36.3 Å². The molecule has 1 fully saturated rings. The Labute approximate surface area is 233 Å². The van der Waals surface area contributed by atoms with E-state index in [1.165, 1.54) is 19.1 Å². The SMILES string of the molecule is COC(=O)Nc1nc2ccc(C(=O)C3CC3)cc2[nH]1.COC(=O)Nc1nc2ccc(Sc3ccccc3)cc2[nH]1. The number of Topliss-reactive ketones (excluding diaryl/α,β-unsaturated/α-hetero) is 1. The van der Waals surface area contributed by atoms with Gasteiger partial charge in [-0.25, -0.2) is 19.6 Å². The predicted molar refractivity (Wildman–Crippen MR) is 152 cm³/mol. The monoisotopic (exact) mass is 558 g/mol. The number of benzene rings is 3. The van der Waals surface area contributed by atoms with Gasteiger partial charge >= 0.3 is 12.2 Å². The van der Waals surface area contributed by atoms with Crippen molar-refractivity contribution in [2.45, 2.75) is 22.6 Å². The topological polar surface area (TPSA) is 151 Å². The molecule has 5 aromatic rings. The summed E-state index contributed by atoms with van der Waals surface area (Å²) in [5.74, 6) is 1.04. The third kappa shape index (κ3) is 6.59. The van der Waals surface area contributed by atoms with Crippen molar-refractivity contribution >= 4 is 63.7 Å². The van der Waals surface area contributed by atoms with Crippen LogP contribution in [0.15, 0.2) is 76.5 Å². The second-order valence-corrected chi connectivity index (χ2v) is 10.0. The number of hydrogen-bond acceptors (Lipinski definition) is 8. The van der Waals surface area contributed by atoms with Crippen molar-refractivity contribution < 1.29 is 23.9 Å². The lowest BCUT2D eigenvalue weighted by atomic mass is 10.1. The van der Waals surface area contributed by atoms with Gasteiger partial charge in [0.15, 0.2) is 5.78 Å². The van der Waals surface area contributed by atoms with Gasteiger partial charge in [0, 0.05) is 21.3 Å². The average molecular weight is 559 g/mol. The van der Waals surface area contributed by atoms with Crippen LogP contribution in [0.5, 0.6) is 0 Å². The van der Waals surface area contributed by atoms with Crippen molar-refractivity contribution in [2.24, 2.45) is 5.92 Å². The van der Waals surface area contributed by atoms with E-state index in [-0.39, 0.29) is 11.7 Å². The van der Waals surface area contributed by atoms with Crippen LogP contribution in [0.25, 0.3) is 22.1 Å². The normalized spacial score (nSPS) is 12.3. The summed E-state index contributed by atoms with van der Waals surface area (Å²) in [6.07, 6.45) is 0.825. The molecular formula is C28H26N6O5S. The molecule has 3 aromatic carbocycles. The Kier molecular flexibility index (Phi) is 7.97. The zero-order chi connectivity index (χ0) is 28.1. The molecule has 0 atom stereocenters. The lowest BCUT2D eigenvalue weighted by molar-refractivity contribution is 0.0967. The molecule has 6 rings (SSSR count). The van der Waals surface area contributed by atoms with Gasteiger partial charge < -0.3 is 19.4 Å². The minimum Gasteiger partial charge on any atom is -0.453 e. The fraction of sp³-hybridized carbons (Fsp3) is 0.179. The van der Waals surface area contributed by atoms with Gasteiger partial charge in [-0.05, 0) is 61.4 Å². The van der Waals surface area contributed by atoms with E-state index in [0.717, 1.165) is 34.3 Å². The number of hydrogen-bond donors (Lipinski definition) is 4. The number of nitrogens with zero attached hydrogens (tertiary/aromatic N) is 2. The van der Waals surface area contributed by atoms with Gasteiger partial charge in [-0.3, -0.25) is 15.4 Å². The number of carbonyl (C=O) groups excluding carboxylic acids is 3. The molecule has 4 N–H and O–H groups in total. The first-order valence-corrected chi connectivity index (χ1v) is 13.2. The average Bonchev–Trinajstić information content (AvgIpc) is 3.62.